The SMILES string of the molecule is Cc1cccc(-c2ccc(OC(F)(F)F)nc2)c1. The van der Waals surface area contributed by atoms with Crippen molar-refractivity contribution in [1.29, 1.82) is 0 Å². The highest BCUT2D eigenvalue weighted by Gasteiger charge is 2.31. The van der Waals surface area contributed by atoms with Crippen LogP contribution in [0.25, 0.3) is 11.1 Å². The van der Waals surface area contributed by atoms with Gasteiger partial charge in [0.2, 0.25) is 5.88 Å². The lowest BCUT2D eigenvalue weighted by molar-refractivity contribution is -0.276. The molecule has 2 aromatic rings. The summed E-state index contributed by atoms with van der Waals surface area (Å²) in [6, 6.07) is 10.4. The van der Waals surface area contributed by atoms with Gasteiger partial charge in [-0.3, -0.25) is 0 Å². The molecule has 0 atom stereocenters. The fourth-order valence-corrected chi connectivity index (χ4v) is 1.55. The molecule has 0 amide bonds. The lowest BCUT2D eigenvalue weighted by Crippen LogP contribution is -2.17. The van der Waals surface area contributed by atoms with E-state index in [1.165, 1.54) is 12.3 Å². The molecule has 0 fully saturated rings. The van der Waals surface area contributed by atoms with Crippen molar-refractivity contribution in [3.8, 4) is 17.0 Å². The molecular formula is C13H10F3NO. The Morgan fingerprint density at radius 2 is 1.83 bits per heavy atom. The van der Waals surface area contributed by atoms with Crippen LogP contribution in [0, 0.1) is 6.92 Å². The van der Waals surface area contributed by atoms with Crippen LogP contribution in [0.2, 0.25) is 0 Å². The van der Waals surface area contributed by atoms with Crippen LogP contribution in [0.15, 0.2) is 42.6 Å². The minimum absolute atomic E-state index is 0.459. The van der Waals surface area contributed by atoms with Crippen molar-refractivity contribution in [2.75, 3.05) is 0 Å². The van der Waals surface area contributed by atoms with Crippen LogP contribution in [-0.4, -0.2) is 11.3 Å². The molecule has 0 spiro atoms. The van der Waals surface area contributed by atoms with E-state index < -0.39 is 12.2 Å². The van der Waals surface area contributed by atoms with E-state index in [1.54, 1.807) is 6.07 Å². The highest BCUT2D eigenvalue weighted by molar-refractivity contribution is 5.63. The average molecular weight is 253 g/mol. The van der Waals surface area contributed by atoms with Crippen LogP contribution >= 0.6 is 0 Å². The number of aromatic nitrogens is 1. The summed E-state index contributed by atoms with van der Waals surface area (Å²) in [4.78, 5) is 3.63. The number of hydrogen-bond acceptors (Lipinski definition) is 2. The van der Waals surface area contributed by atoms with Crippen LogP contribution in [0.4, 0.5) is 13.2 Å². The van der Waals surface area contributed by atoms with E-state index in [9.17, 15) is 13.2 Å². The van der Waals surface area contributed by atoms with E-state index in [0.717, 1.165) is 16.7 Å². The normalized spacial score (nSPS) is 11.3. The van der Waals surface area contributed by atoms with Gasteiger partial charge >= 0.3 is 6.36 Å². The molecule has 2 rings (SSSR count). The van der Waals surface area contributed by atoms with Gasteiger partial charge in [0.05, 0.1) is 0 Å². The minimum Gasteiger partial charge on any atom is -0.388 e. The maximum absolute atomic E-state index is 12.0. The lowest BCUT2D eigenvalue weighted by atomic mass is 10.1. The Labute approximate surface area is 102 Å². The molecule has 0 N–H and O–H groups in total. The Balaban J connectivity index is 2.22. The number of ether oxygens (including phenoxy) is 1. The highest BCUT2D eigenvalue weighted by Crippen LogP contribution is 2.24. The number of nitrogens with zero attached hydrogens (tertiary/aromatic N) is 1. The zero-order chi connectivity index (χ0) is 13.2. The molecule has 94 valence electrons. The summed E-state index contributed by atoms with van der Waals surface area (Å²) >= 11 is 0. The fraction of sp³-hybridized carbons (Fsp3) is 0.154. The van der Waals surface area contributed by atoms with Crippen molar-refractivity contribution in [3.63, 3.8) is 0 Å². The lowest BCUT2D eigenvalue weighted by Gasteiger charge is -2.08. The second kappa shape index (κ2) is 4.68. The van der Waals surface area contributed by atoms with E-state index in [1.807, 2.05) is 31.2 Å². The predicted octanol–water partition coefficient (Wildman–Crippen LogP) is 3.96. The van der Waals surface area contributed by atoms with Gasteiger partial charge in [-0.1, -0.05) is 29.8 Å². The number of hydrogen-bond donors (Lipinski definition) is 0. The van der Waals surface area contributed by atoms with Gasteiger partial charge in [0.15, 0.2) is 0 Å². The van der Waals surface area contributed by atoms with Crippen molar-refractivity contribution < 1.29 is 17.9 Å². The Morgan fingerprint density at radius 3 is 2.39 bits per heavy atom. The first-order valence-electron chi connectivity index (χ1n) is 5.23. The quantitative estimate of drug-likeness (QED) is 0.808. The van der Waals surface area contributed by atoms with E-state index in [2.05, 4.69) is 9.72 Å². The number of alkyl halides is 3. The average Bonchev–Trinajstić information content (AvgIpc) is 2.28. The Kier molecular flexibility index (Phi) is 3.23. The largest absolute Gasteiger partial charge is 0.574 e. The third kappa shape index (κ3) is 3.23. The molecule has 1 heterocycles. The zero-order valence-corrected chi connectivity index (χ0v) is 9.53. The molecule has 2 nitrogen and oxygen atoms in total. The molecule has 0 unspecified atom stereocenters. The first-order valence-corrected chi connectivity index (χ1v) is 5.23. The van der Waals surface area contributed by atoms with Crippen molar-refractivity contribution in [1.82, 2.24) is 4.98 Å². The second-order valence-electron chi connectivity index (χ2n) is 3.80. The van der Waals surface area contributed by atoms with Crippen LogP contribution in [0.1, 0.15) is 5.56 Å². The molecular weight excluding hydrogens is 243 g/mol. The number of aryl methyl sites for hydroxylation is 1. The number of pyridine rings is 1. The van der Waals surface area contributed by atoms with Gasteiger partial charge in [-0.05, 0) is 18.6 Å². The summed E-state index contributed by atoms with van der Waals surface area (Å²) in [6.45, 7) is 1.94. The third-order valence-electron chi connectivity index (χ3n) is 2.31. The minimum atomic E-state index is -4.71. The van der Waals surface area contributed by atoms with Crippen LogP contribution in [0.3, 0.4) is 0 Å². The van der Waals surface area contributed by atoms with Crippen LogP contribution in [0.5, 0.6) is 5.88 Å². The number of halogens is 3. The van der Waals surface area contributed by atoms with E-state index in [-0.39, 0.29) is 0 Å². The predicted molar refractivity (Wildman–Crippen MR) is 61.1 cm³/mol. The van der Waals surface area contributed by atoms with Crippen molar-refractivity contribution in [2.45, 2.75) is 13.3 Å². The molecule has 0 aliphatic carbocycles. The molecule has 0 bridgehead atoms. The summed E-state index contributed by atoms with van der Waals surface area (Å²) in [5.74, 6) is -0.459. The standard InChI is InChI=1S/C13H10F3NO/c1-9-3-2-4-10(7-9)11-5-6-12(17-8-11)18-13(14,15)16/h2-8H,1H3. The molecule has 18 heavy (non-hydrogen) atoms. The highest BCUT2D eigenvalue weighted by atomic mass is 19.4. The Bertz CT molecular complexity index is 535. The number of benzene rings is 1. The van der Waals surface area contributed by atoms with Crippen molar-refractivity contribution >= 4 is 0 Å². The zero-order valence-electron chi connectivity index (χ0n) is 9.53. The summed E-state index contributed by atoms with van der Waals surface area (Å²) < 4.78 is 39.6. The molecule has 0 saturated carbocycles. The van der Waals surface area contributed by atoms with Gasteiger partial charge in [0.1, 0.15) is 0 Å². The van der Waals surface area contributed by atoms with Crippen molar-refractivity contribution in [2.24, 2.45) is 0 Å². The van der Waals surface area contributed by atoms with E-state index in [0.29, 0.717) is 0 Å². The summed E-state index contributed by atoms with van der Waals surface area (Å²) in [6.07, 6.45) is -3.35. The van der Waals surface area contributed by atoms with Gasteiger partial charge in [0.25, 0.3) is 0 Å². The molecule has 1 aromatic carbocycles. The van der Waals surface area contributed by atoms with Gasteiger partial charge in [-0.15, -0.1) is 13.2 Å². The molecule has 0 aliphatic rings. The monoisotopic (exact) mass is 253 g/mol. The second-order valence-corrected chi connectivity index (χ2v) is 3.80. The summed E-state index contributed by atoms with van der Waals surface area (Å²) in [5, 5.41) is 0. The Hall–Kier alpha value is -2.04. The molecule has 0 radical (unpaired) electrons. The fourth-order valence-electron chi connectivity index (χ4n) is 1.55. The molecule has 5 heteroatoms. The van der Waals surface area contributed by atoms with E-state index >= 15 is 0 Å². The van der Waals surface area contributed by atoms with Gasteiger partial charge in [-0.2, -0.15) is 0 Å². The van der Waals surface area contributed by atoms with Gasteiger partial charge in [-0.25, -0.2) is 4.98 Å². The first kappa shape index (κ1) is 12.4. The smallest absolute Gasteiger partial charge is 0.388 e. The van der Waals surface area contributed by atoms with Gasteiger partial charge in [0, 0.05) is 17.8 Å². The maximum Gasteiger partial charge on any atom is 0.574 e. The van der Waals surface area contributed by atoms with Crippen molar-refractivity contribution in [3.05, 3.63) is 48.2 Å². The summed E-state index contributed by atoms with van der Waals surface area (Å²) in [7, 11) is 0. The third-order valence-corrected chi connectivity index (χ3v) is 2.31. The topological polar surface area (TPSA) is 22.1 Å². The Morgan fingerprint density at radius 1 is 1.06 bits per heavy atom. The number of rotatable bonds is 2. The maximum atomic E-state index is 12.0. The molecule has 0 aliphatic heterocycles. The molecule has 0 saturated heterocycles. The van der Waals surface area contributed by atoms with Crippen LogP contribution < -0.4 is 4.74 Å². The van der Waals surface area contributed by atoms with E-state index in [4.69, 9.17) is 0 Å². The summed E-state index contributed by atoms with van der Waals surface area (Å²) in [5.41, 5.74) is 2.72. The van der Waals surface area contributed by atoms with Gasteiger partial charge < -0.3 is 4.74 Å². The molecule has 1 aromatic heterocycles. The first-order chi connectivity index (χ1) is 8.44. The van der Waals surface area contributed by atoms with Crippen LogP contribution in [-0.2, 0) is 0 Å².